The second-order valence-electron chi connectivity index (χ2n) is 6.82. The number of aromatic nitrogens is 4. The number of aromatic amines is 1. The number of rotatable bonds is 3. The van der Waals surface area contributed by atoms with E-state index in [0.717, 1.165) is 5.56 Å². The first-order valence-electron chi connectivity index (χ1n) is 8.95. The zero-order valence-electron chi connectivity index (χ0n) is 15.6. The van der Waals surface area contributed by atoms with E-state index in [0.29, 0.717) is 5.69 Å². The predicted octanol–water partition coefficient (Wildman–Crippen LogP) is 4.05. The van der Waals surface area contributed by atoms with Crippen molar-refractivity contribution in [3.8, 4) is 16.9 Å². The topological polar surface area (TPSA) is 80.6 Å². The molecule has 0 saturated heterocycles. The van der Waals surface area contributed by atoms with Crippen molar-refractivity contribution in [3.63, 3.8) is 0 Å². The summed E-state index contributed by atoms with van der Waals surface area (Å²) in [5, 5.41) is -0.129. The largest absolute Gasteiger partial charge is 0.334 e. The number of hydrogen-bond donors (Lipinski definition) is 1. The fourth-order valence-corrected chi connectivity index (χ4v) is 3.48. The molecule has 0 radical (unpaired) electrons. The summed E-state index contributed by atoms with van der Waals surface area (Å²) in [5.74, 6) is -0.434. The summed E-state index contributed by atoms with van der Waals surface area (Å²) >= 11 is 6.22. The van der Waals surface area contributed by atoms with Crippen LogP contribution in [0.1, 0.15) is 25.3 Å². The van der Waals surface area contributed by atoms with E-state index in [2.05, 4.69) is 15.0 Å². The third-order valence-corrected chi connectivity index (χ3v) is 4.88. The van der Waals surface area contributed by atoms with Gasteiger partial charge in [0.05, 0.1) is 5.69 Å². The SMILES string of the molecule is CC(C)c1ccccc1-n1c(=O)[nH]c(=O)c2nc(Cl)c(-c3ccccc3F)nc21. The summed E-state index contributed by atoms with van der Waals surface area (Å²) < 4.78 is 15.6. The molecule has 0 spiro atoms. The number of fused-ring (bicyclic) bond motifs is 1. The fourth-order valence-electron chi connectivity index (χ4n) is 3.25. The minimum absolute atomic E-state index is 0.00880. The summed E-state index contributed by atoms with van der Waals surface area (Å²) in [6.45, 7) is 3.98. The van der Waals surface area contributed by atoms with Gasteiger partial charge in [-0.15, -0.1) is 0 Å². The highest BCUT2D eigenvalue weighted by atomic mass is 35.5. The lowest BCUT2D eigenvalue weighted by atomic mass is 10.0. The Kier molecular flexibility index (Phi) is 4.76. The van der Waals surface area contributed by atoms with E-state index < -0.39 is 17.1 Å². The maximum Gasteiger partial charge on any atom is 0.334 e. The minimum atomic E-state index is -0.710. The Balaban J connectivity index is 2.15. The Morgan fingerprint density at radius 1 is 1.03 bits per heavy atom. The van der Waals surface area contributed by atoms with Crippen molar-refractivity contribution >= 4 is 22.8 Å². The van der Waals surface area contributed by atoms with Gasteiger partial charge >= 0.3 is 5.69 Å². The van der Waals surface area contributed by atoms with Crippen LogP contribution >= 0.6 is 11.6 Å². The van der Waals surface area contributed by atoms with E-state index in [4.69, 9.17) is 11.6 Å². The molecule has 0 atom stereocenters. The molecular formula is C21H16ClFN4O2. The van der Waals surface area contributed by atoms with Crippen LogP contribution in [0.4, 0.5) is 4.39 Å². The fraction of sp³-hybridized carbons (Fsp3) is 0.143. The van der Waals surface area contributed by atoms with Crippen molar-refractivity contribution in [2.24, 2.45) is 0 Å². The Bertz CT molecular complexity index is 1360. The third-order valence-electron chi connectivity index (χ3n) is 4.61. The van der Waals surface area contributed by atoms with Gasteiger partial charge in [0.15, 0.2) is 16.3 Å². The molecule has 0 saturated carbocycles. The number of nitrogens with zero attached hydrogens (tertiary/aromatic N) is 3. The molecule has 4 rings (SSSR count). The van der Waals surface area contributed by atoms with Crippen LogP contribution in [0.3, 0.4) is 0 Å². The van der Waals surface area contributed by atoms with Crippen molar-refractivity contribution in [2.45, 2.75) is 19.8 Å². The number of hydrogen-bond acceptors (Lipinski definition) is 4. The van der Waals surface area contributed by atoms with Gasteiger partial charge in [-0.05, 0) is 29.7 Å². The quantitative estimate of drug-likeness (QED) is 0.552. The van der Waals surface area contributed by atoms with Gasteiger partial charge in [0.1, 0.15) is 11.5 Å². The molecule has 0 unspecified atom stereocenters. The van der Waals surface area contributed by atoms with Gasteiger partial charge in [-0.1, -0.05) is 55.8 Å². The molecule has 1 N–H and O–H groups in total. The summed E-state index contributed by atoms with van der Waals surface area (Å²) in [5.41, 5.74) is 0.158. The van der Waals surface area contributed by atoms with Gasteiger partial charge in [-0.3, -0.25) is 9.78 Å². The highest BCUT2D eigenvalue weighted by Crippen LogP contribution is 2.29. The number of halogens is 2. The van der Waals surface area contributed by atoms with Crippen LogP contribution in [0.15, 0.2) is 58.1 Å². The normalized spacial score (nSPS) is 11.3. The first-order valence-corrected chi connectivity index (χ1v) is 9.33. The Morgan fingerprint density at radius 3 is 2.45 bits per heavy atom. The van der Waals surface area contributed by atoms with Gasteiger partial charge in [-0.25, -0.2) is 23.7 Å². The van der Waals surface area contributed by atoms with E-state index in [9.17, 15) is 14.0 Å². The van der Waals surface area contributed by atoms with Crippen LogP contribution in [-0.4, -0.2) is 19.5 Å². The Hall–Kier alpha value is -3.32. The van der Waals surface area contributed by atoms with Gasteiger partial charge in [0.25, 0.3) is 5.56 Å². The molecule has 0 bridgehead atoms. The molecule has 2 heterocycles. The molecule has 4 aromatic rings. The van der Waals surface area contributed by atoms with Gasteiger partial charge in [0.2, 0.25) is 0 Å². The first kappa shape index (κ1) is 19.0. The van der Waals surface area contributed by atoms with Crippen molar-refractivity contribution in [3.05, 3.63) is 85.9 Å². The summed E-state index contributed by atoms with van der Waals surface area (Å²) in [7, 11) is 0. The predicted molar refractivity (Wildman–Crippen MR) is 110 cm³/mol. The molecule has 0 aliphatic heterocycles. The van der Waals surface area contributed by atoms with E-state index in [-0.39, 0.29) is 33.5 Å². The lowest BCUT2D eigenvalue weighted by Crippen LogP contribution is -2.31. The van der Waals surface area contributed by atoms with Crippen molar-refractivity contribution in [1.82, 2.24) is 19.5 Å². The van der Waals surface area contributed by atoms with Crippen molar-refractivity contribution < 1.29 is 4.39 Å². The molecule has 2 aromatic heterocycles. The zero-order valence-corrected chi connectivity index (χ0v) is 16.4. The molecule has 29 heavy (non-hydrogen) atoms. The third kappa shape index (κ3) is 3.23. The molecule has 8 heteroatoms. The zero-order chi connectivity index (χ0) is 20.7. The molecule has 0 aliphatic rings. The molecule has 6 nitrogen and oxygen atoms in total. The van der Waals surface area contributed by atoms with Crippen molar-refractivity contribution in [1.29, 1.82) is 0 Å². The van der Waals surface area contributed by atoms with Crippen LogP contribution in [0, 0.1) is 5.82 Å². The molecule has 0 fully saturated rings. The average molecular weight is 411 g/mol. The maximum atomic E-state index is 14.3. The summed E-state index contributed by atoms with van der Waals surface area (Å²) in [6, 6.07) is 13.3. The summed E-state index contributed by atoms with van der Waals surface area (Å²) in [4.78, 5) is 35.9. The van der Waals surface area contributed by atoms with E-state index in [1.807, 2.05) is 26.0 Å². The number of nitrogens with one attached hydrogen (secondary N) is 1. The van der Waals surface area contributed by atoms with Gasteiger partial charge in [0, 0.05) is 5.56 Å². The Labute approximate surface area is 169 Å². The maximum absolute atomic E-state index is 14.3. The van der Waals surface area contributed by atoms with Gasteiger partial charge < -0.3 is 0 Å². The standard InChI is InChI=1S/C21H16ClFN4O2/c1-11(2)12-7-4-6-10-15(12)27-19-17(20(28)26-21(27)29)24-18(22)16(25-19)13-8-3-5-9-14(13)23/h3-11H,1-2H3,(H,26,28,29). The molecule has 146 valence electrons. The second-order valence-corrected chi connectivity index (χ2v) is 7.18. The second kappa shape index (κ2) is 7.25. The molecule has 2 aromatic carbocycles. The number of H-pyrrole nitrogens is 1. The lowest BCUT2D eigenvalue weighted by molar-refractivity contribution is 0.630. The van der Waals surface area contributed by atoms with E-state index in [1.54, 1.807) is 24.3 Å². The smallest absolute Gasteiger partial charge is 0.272 e. The van der Waals surface area contributed by atoms with Gasteiger partial charge in [-0.2, -0.15) is 0 Å². The van der Waals surface area contributed by atoms with Crippen LogP contribution in [0.25, 0.3) is 28.1 Å². The highest BCUT2D eigenvalue weighted by Gasteiger charge is 2.20. The van der Waals surface area contributed by atoms with Crippen LogP contribution in [-0.2, 0) is 0 Å². The Morgan fingerprint density at radius 2 is 1.72 bits per heavy atom. The first-order chi connectivity index (χ1) is 13.9. The highest BCUT2D eigenvalue weighted by molar-refractivity contribution is 6.32. The van der Waals surface area contributed by atoms with Crippen LogP contribution in [0.5, 0.6) is 0 Å². The molecule has 0 aliphatic carbocycles. The van der Waals surface area contributed by atoms with Crippen molar-refractivity contribution in [2.75, 3.05) is 0 Å². The van der Waals surface area contributed by atoms with E-state index >= 15 is 0 Å². The van der Waals surface area contributed by atoms with Crippen LogP contribution in [0.2, 0.25) is 5.15 Å². The molecular weight excluding hydrogens is 395 g/mol. The summed E-state index contributed by atoms with van der Waals surface area (Å²) in [6.07, 6.45) is 0. The average Bonchev–Trinajstić information content (AvgIpc) is 2.69. The van der Waals surface area contributed by atoms with Crippen LogP contribution < -0.4 is 11.2 Å². The molecule has 0 amide bonds. The lowest BCUT2D eigenvalue weighted by Gasteiger charge is -2.16. The number of para-hydroxylation sites is 1. The monoisotopic (exact) mass is 410 g/mol. The van der Waals surface area contributed by atoms with E-state index in [1.165, 1.54) is 16.7 Å². The minimum Gasteiger partial charge on any atom is -0.272 e. The number of benzene rings is 2.